The van der Waals surface area contributed by atoms with Crippen molar-refractivity contribution in [2.45, 2.75) is 39.2 Å². The van der Waals surface area contributed by atoms with E-state index in [1.807, 2.05) is 13.8 Å². The number of aliphatic carboxylic acids is 1. The first-order valence-electron chi connectivity index (χ1n) is 5.83. The summed E-state index contributed by atoms with van der Waals surface area (Å²) in [4.78, 5) is 32.6. The second-order valence-corrected chi connectivity index (χ2v) is 3.97. The Labute approximate surface area is 106 Å². The second kappa shape index (κ2) is 9.41. The lowest BCUT2D eigenvalue weighted by atomic mass is 10.2. The molecule has 0 atom stereocenters. The first-order valence-corrected chi connectivity index (χ1v) is 5.83. The number of nitrogens with one attached hydrogen (secondary N) is 2. The molecule has 0 bridgehead atoms. The minimum Gasteiger partial charge on any atom is -0.481 e. The van der Waals surface area contributed by atoms with Crippen molar-refractivity contribution < 1.29 is 24.2 Å². The molecular formula is C11H20N2O5. The van der Waals surface area contributed by atoms with E-state index in [4.69, 9.17) is 9.84 Å². The highest BCUT2D eigenvalue weighted by Gasteiger charge is 2.07. The predicted molar refractivity (Wildman–Crippen MR) is 64.1 cm³/mol. The summed E-state index contributed by atoms with van der Waals surface area (Å²) >= 11 is 0. The molecule has 0 unspecified atom stereocenters. The Morgan fingerprint density at radius 2 is 1.89 bits per heavy atom. The van der Waals surface area contributed by atoms with Crippen LogP contribution in [0.25, 0.3) is 0 Å². The van der Waals surface area contributed by atoms with Gasteiger partial charge in [-0.15, -0.1) is 0 Å². The smallest absolute Gasteiger partial charge is 0.321 e. The summed E-state index contributed by atoms with van der Waals surface area (Å²) in [5, 5.41) is 12.9. The molecule has 7 heteroatoms. The molecule has 0 aromatic heterocycles. The molecule has 0 saturated carbocycles. The van der Waals surface area contributed by atoms with Crippen LogP contribution in [0.4, 0.5) is 4.79 Å². The molecule has 0 aliphatic carbocycles. The van der Waals surface area contributed by atoms with Gasteiger partial charge in [0.05, 0.1) is 12.7 Å². The van der Waals surface area contributed by atoms with Gasteiger partial charge in [-0.1, -0.05) is 0 Å². The average molecular weight is 260 g/mol. The van der Waals surface area contributed by atoms with Crippen LogP contribution in [-0.2, 0) is 14.3 Å². The summed E-state index contributed by atoms with van der Waals surface area (Å²) in [5.74, 6) is -1.45. The number of imide groups is 1. The van der Waals surface area contributed by atoms with Crippen LogP contribution in [0.1, 0.15) is 33.1 Å². The maximum Gasteiger partial charge on any atom is 0.321 e. The van der Waals surface area contributed by atoms with E-state index in [1.54, 1.807) is 0 Å². The topological polar surface area (TPSA) is 105 Å². The molecule has 0 saturated heterocycles. The van der Waals surface area contributed by atoms with Gasteiger partial charge >= 0.3 is 12.0 Å². The van der Waals surface area contributed by atoms with Crippen LogP contribution in [0.15, 0.2) is 0 Å². The van der Waals surface area contributed by atoms with Crippen molar-refractivity contribution in [2.75, 3.05) is 13.2 Å². The number of carbonyl (C=O) groups excluding carboxylic acids is 2. The van der Waals surface area contributed by atoms with E-state index in [0.717, 1.165) is 0 Å². The minimum absolute atomic E-state index is 0.0161. The Hall–Kier alpha value is -1.63. The lowest BCUT2D eigenvalue weighted by Gasteiger charge is -2.09. The minimum atomic E-state index is -0.960. The first-order chi connectivity index (χ1) is 8.41. The van der Waals surface area contributed by atoms with Crippen LogP contribution >= 0.6 is 0 Å². The monoisotopic (exact) mass is 260 g/mol. The van der Waals surface area contributed by atoms with E-state index in [1.165, 1.54) is 0 Å². The number of amides is 3. The summed E-state index contributed by atoms with van der Waals surface area (Å²) in [6, 6.07) is -0.595. The zero-order valence-electron chi connectivity index (χ0n) is 10.7. The van der Waals surface area contributed by atoms with Crippen molar-refractivity contribution in [3.63, 3.8) is 0 Å². The van der Waals surface area contributed by atoms with Crippen molar-refractivity contribution in [3.05, 3.63) is 0 Å². The van der Waals surface area contributed by atoms with Crippen LogP contribution in [0, 0.1) is 0 Å². The number of ether oxygens (including phenoxy) is 1. The van der Waals surface area contributed by atoms with Crippen molar-refractivity contribution in [3.8, 4) is 0 Å². The number of hydrogen-bond donors (Lipinski definition) is 3. The molecule has 0 heterocycles. The van der Waals surface area contributed by atoms with Gasteiger partial charge in [0.1, 0.15) is 0 Å². The number of carboxylic acids is 1. The third-order valence-electron chi connectivity index (χ3n) is 1.89. The third-order valence-corrected chi connectivity index (χ3v) is 1.89. The molecule has 0 radical (unpaired) electrons. The van der Waals surface area contributed by atoms with Crippen molar-refractivity contribution in [1.29, 1.82) is 0 Å². The Morgan fingerprint density at radius 3 is 2.44 bits per heavy atom. The summed E-state index contributed by atoms with van der Waals surface area (Å²) < 4.78 is 5.20. The Morgan fingerprint density at radius 1 is 1.22 bits per heavy atom. The molecule has 0 spiro atoms. The predicted octanol–water partition coefficient (Wildman–Crippen LogP) is 0.492. The van der Waals surface area contributed by atoms with Crippen LogP contribution < -0.4 is 10.6 Å². The zero-order chi connectivity index (χ0) is 14.0. The molecule has 3 N–H and O–H groups in total. The average Bonchev–Trinajstić information content (AvgIpc) is 2.23. The molecule has 104 valence electrons. The molecule has 0 rings (SSSR count). The molecule has 0 aliphatic rings. The van der Waals surface area contributed by atoms with Crippen molar-refractivity contribution in [2.24, 2.45) is 0 Å². The SMILES string of the molecule is CC(C)OCCNC(=O)NC(=O)CCCC(=O)O. The summed E-state index contributed by atoms with van der Waals surface area (Å²) in [7, 11) is 0. The first kappa shape index (κ1) is 16.4. The fourth-order valence-corrected chi connectivity index (χ4v) is 1.09. The van der Waals surface area contributed by atoms with Crippen LogP contribution in [-0.4, -0.2) is 42.3 Å². The highest BCUT2D eigenvalue weighted by molar-refractivity contribution is 5.94. The number of carbonyl (C=O) groups is 3. The maximum atomic E-state index is 11.2. The van der Waals surface area contributed by atoms with E-state index in [9.17, 15) is 14.4 Å². The Kier molecular flexibility index (Phi) is 8.55. The van der Waals surface area contributed by atoms with Crippen LogP contribution in [0.3, 0.4) is 0 Å². The molecule has 3 amide bonds. The lowest BCUT2D eigenvalue weighted by molar-refractivity contribution is -0.137. The van der Waals surface area contributed by atoms with E-state index in [2.05, 4.69) is 10.6 Å². The van der Waals surface area contributed by atoms with Gasteiger partial charge in [-0.2, -0.15) is 0 Å². The molecule has 0 aromatic rings. The quantitative estimate of drug-likeness (QED) is 0.551. The number of hydrogen-bond acceptors (Lipinski definition) is 4. The Balaban J connectivity index is 3.55. The van der Waals surface area contributed by atoms with Gasteiger partial charge in [0, 0.05) is 19.4 Å². The van der Waals surface area contributed by atoms with Gasteiger partial charge in [-0.25, -0.2) is 4.79 Å². The molecule has 18 heavy (non-hydrogen) atoms. The fraction of sp³-hybridized carbons (Fsp3) is 0.727. The molecule has 0 fully saturated rings. The van der Waals surface area contributed by atoms with Gasteiger partial charge in [-0.3, -0.25) is 14.9 Å². The number of rotatable bonds is 8. The van der Waals surface area contributed by atoms with Gasteiger partial charge in [0.15, 0.2) is 0 Å². The second-order valence-electron chi connectivity index (χ2n) is 3.97. The van der Waals surface area contributed by atoms with Crippen LogP contribution in [0.5, 0.6) is 0 Å². The third kappa shape index (κ3) is 10.9. The Bertz CT molecular complexity index is 291. The molecular weight excluding hydrogens is 240 g/mol. The highest BCUT2D eigenvalue weighted by atomic mass is 16.5. The molecule has 0 aromatic carbocycles. The molecule has 0 aliphatic heterocycles. The number of carboxylic acid groups (broad SMARTS) is 1. The van der Waals surface area contributed by atoms with Gasteiger partial charge < -0.3 is 15.2 Å². The standard InChI is InChI=1S/C11H20N2O5/c1-8(2)18-7-6-12-11(17)13-9(14)4-3-5-10(15)16/h8H,3-7H2,1-2H3,(H,15,16)(H2,12,13,14,17). The van der Waals surface area contributed by atoms with E-state index < -0.39 is 17.9 Å². The fourth-order valence-electron chi connectivity index (χ4n) is 1.09. The van der Waals surface area contributed by atoms with Crippen molar-refractivity contribution in [1.82, 2.24) is 10.6 Å². The normalized spacial score (nSPS) is 10.2. The van der Waals surface area contributed by atoms with E-state index in [-0.39, 0.29) is 25.4 Å². The summed E-state index contributed by atoms with van der Waals surface area (Å²) in [6.45, 7) is 4.45. The molecule has 7 nitrogen and oxygen atoms in total. The largest absolute Gasteiger partial charge is 0.481 e. The maximum absolute atomic E-state index is 11.2. The number of urea groups is 1. The van der Waals surface area contributed by atoms with Crippen molar-refractivity contribution >= 4 is 17.9 Å². The van der Waals surface area contributed by atoms with Gasteiger partial charge in [0.25, 0.3) is 0 Å². The van der Waals surface area contributed by atoms with Crippen LogP contribution in [0.2, 0.25) is 0 Å². The van der Waals surface area contributed by atoms with E-state index in [0.29, 0.717) is 13.2 Å². The van der Waals surface area contributed by atoms with E-state index >= 15 is 0 Å². The summed E-state index contributed by atoms with van der Waals surface area (Å²) in [6.07, 6.45) is 0.234. The highest BCUT2D eigenvalue weighted by Crippen LogP contribution is 1.94. The van der Waals surface area contributed by atoms with Gasteiger partial charge in [0.2, 0.25) is 5.91 Å². The zero-order valence-corrected chi connectivity index (χ0v) is 10.7. The lowest BCUT2D eigenvalue weighted by Crippen LogP contribution is -2.40. The summed E-state index contributed by atoms with van der Waals surface area (Å²) in [5.41, 5.74) is 0. The van der Waals surface area contributed by atoms with Gasteiger partial charge in [-0.05, 0) is 20.3 Å².